The molecule has 0 unspecified atom stereocenters. The standard InChI is InChI=1S/C46H28S/c1-3-16-32-29(12-1)14-9-22-35(32)44-37-18-5-6-19-38(37)45(36-23-10-15-30-13-2-4-17-33(30)36)41-28-31(26-27-39(41)44)34-21-11-25-43-46(34)40-20-7-8-24-42(40)47-43/h1-28H. The summed E-state index contributed by atoms with van der Waals surface area (Å²) >= 11 is 1.88. The van der Waals surface area contributed by atoms with E-state index in [1.54, 1.807) is 0 Å². The lowest BCUT2D eigenvalue weighted by Gasteiger charge is -2.20. The molecule has 0 aliphatic carbocycles. The van der Waals surface area contributed by atoms with Gasteiger partial charge < -0.3 is 0 Å². The van der Waals surface area contributed by atoms with E-state index >= 15 is 0 Å². The van der Waals surface area contributed by atoms with E-state index in [1.165, 1.54) is 96.6 Å². The first-order valence-electron chi connectivity index (χ1n) is 16.2. The van der Waals surface area contributed by atoms with Crippen LogP contribution >= 0.6 is 11.3 Å². The van der Waals surface area contributed by atoms with Crippen molar-refractivity contribution in [3.8, 4) is 33.4 Å². The lowest BCUT2D eigenvalue weighted by molar-refractivity contribution is 1.67. The number of hydrogen-bond donors (Lipinski definition) is 0. The zero-order valence-corrected chi connectivity index (χ0v) is 26.4. The van der Waals surface area contributed by atoms with Gasteiger partial charge in [-0.05, 0) is 94.7 Å². The van der Waals surface area contributed by atoms with Gasteiger partial charge in [-0.15, -0.1) is 11.3 Å². The Morgan fingerprint density at radius 3 is 1.45 bits per heavy atom. The Hall–Kier alpha value is -5.76. The van der Waals surface area contributed by atoms with Crippen LogP contribution in [0.3, 0.4) is 0 Å². The molecular weight excluding hydrogens is 585 g/mol. The van der Waals surface area contributed by atoms with Gasteiger partial charge in [-0.1, -0.05) is 152 Å². The largest absolute Gasteiger partial charge is 0.135 e. The first-order valence-corrected chi connectivity index (χ1v) is 17.0. The highest BCUT2D eigenvalue weighted by atomic mass is 32.1. The molecule has 0 atom stereocenters. The van der Waals surface area contributed by atoms with Crippen LogP contribution in [0.1, 0.15) is 0 Å². The van der Waals surface area contributed by atoms with E-state index in [-0.39, 0.29) is 0 Å². The van der Waals surface area contributed by atoms with Crippen molar-refractivity contribution in [2.45, 2.75) is 0 Å². The van der Waals surface area contributed by atoms with Crippen molar-refractivity contribution in [3.05, 3.63) is 170 Å². The molecule has 10 rings (SSSR count). The number of benzene rings is 9. The molecule has 0 bridgehead atoms. The van der Waals surface area contributed by atoms with Gasteiger partial charge in [0.2, 0.25) is 0 Å². The second kappa shape index (κ2) is 10.4. The number of rotatable bonds is 3. The molecule has 9 aromatic carbocycles. The predicted molar refractivity (Wildman–Crippen MR) is 206 cm³/mol. The zero-order chi connectivity index (χ0) is 30.9. The van der Waals surface area contributed by atoms with Gasteiger partial charge in [-0.2, -0.15) is 0 Å². The summed E-state index contributed by atoms with van der Waals surface area (Å²) in [5.41, 5.74) is 7.65. The Balaban J connectivity index is 1.39. The fourth-order valence-corrected chi connectivity index (χ4v) is 8.96. The summed E-state index contributed by atoms with van der Waals surface area (Å²) < 4.78 is 2.66. The summed E-state index contributed by atoms with van der Waals surface area (Å²) in [5.74, 6) is 0. The topological polar surface area (TPSA) is 0 Å². The molecule has 218 valence electrons. The van der Waals surface area contributed by atoms with Crippen molar-refractivity contribution in [3.63, 3.8) is 0 Å². The summed E-state index contributed by atoms with van der Waals surface area (Å²) in [6.07, 6.45) is 0. The van der Waals surface area contributed by atoms with Crippen molar-refractivity contribution in [2.75, 3.05) is 0 Å². The molecule has 0 saturated carbocycles. The minimum Gasteiger partial charge on any atom is -0.135 e. The Kier molecular flexibility index (Phi) is 5.85. The predicted octanol–water partition coefficient (Wildman–Crippen LogP) is 13.7. The number of fused-ring (bicyclic) bond motifs is 7. The van der Waals surface area contributed by atoms with Gasteiger partial charge >= 0.3 is 0 Å². The second-order valence-electron chi connectivity index (χ2n) is 12.4. The Bertz CT molecular complexity index is 2840. The SMILES string of the molecule is c1ccc2c(-c3c4ccccc4c(-c4cccc5ccccc45)c4cc(-c5cccc6sc7ccccc7c56)ccc34)cccc2c1. The van der Waals surface area contributed by atoms with Crippen molar-refractivity contribution < 1.29 is 0 Å². The second-order valence-corrected chi connectivity index (χ2v) is 13.5. The molecule has 0 radical (unpaired) electrons. The molecule has 0 nitrogen and oxygen atoms in total. The summed E-state index contributed by atoms with van der Waals surface area (Å²) in [6.45, 7) is 0. The molecule has 0 aliphatic rings. The smallest absolute Gasteiger partial charge is 0.0361 e. The first-order chi connectivity index (χ1) is 23.3. The normalized spacial score (nSPS) is 11.8. The van der Waals surface area contributed by atoms with E-state index < -0.39 is 0 Å². The lowest BCUT2D eigenvalue weighted by Crippen LogP contribution is -1.93. The fourth-order valence-electron chi connectivity index (χ4n) is 7.83. The maximum absolute atomic E-state index is 2.47. The van der Waals surface area contributed by atoms with Crippen LogP contribution in [0.25, 0.3) is 96.6 Å². The zero-order valence-electron chi connectivity index (χ0n) is 25.6. The minimum absolute atomic E-state index is 1.24. The molecule has 0 fully saturated rings. The molecule has 0 aliphatic heterocycles. The third-order valence-corrected chi connectivity index (χ3v) is 11.0. The van der Waals surface area contributed by atoms with Crippen LogP contribution in [0.4, 0.5) is 0 Å². The van der Waals surface area contributed by atoms with Gasteiger partial charge in [0.05, 0.1) is 0 Å². The summed E-state index contributed by atoms with van der Waals surface area (Å²) in [6, 6.07) is 62.8. The molecule has 1 aromatic heterocycles. The molecule has 0 N–H and O–H groups in total. The average molecular weight is 613 g/mol. The highest BCUT2D eigenvalue weighted by Gasteiger charge is 2.20. The monoisotopic (exact) mass is 612 g/mol. The van der Waals surface area contributed by atoms with Crippen LogP contribution in [0, 0.1) is 0 Å². The third kappa shape index (κ3) is 4.00. The molecule has 0 amide bonds. The van der Waals surface area contributed by atoms with Crippen LogP contribution in [-0.4, -0.2) is 0 Å². The highest BCUT2D eigenvalue weighted by molar-refractivity contribution is 7.25. The van der Waals surface area contributed by atoms with Crippen LogP contribution in [0.2, 0.25) is 0 Å². The van der Waals surface area contributed by atoms with Gasteiger partial charge in [0.25, 0.3) is 0 Å². The van der Waals surface area contributed by atoms with E-state index in [0.29, 0.717) is 0 Å². The molecule has 0 spiro atoms. The van der Waals surface area contributed by atoms with Crippen LogP contribution < -0.4 is 0 Å². The van der Waals surface area contributed by atoms with Crippen LogP contribution in [0.15, 0.2) is 170 Å². The Morgan fingerprint density at radius 2 is 0.766 bits per heavy atom. The fraction of sp³-hybridized carbons (Fsp3) is 0. The maximum Gasteiger partial charge on any atom is 0.0361 e. The maximum atomic E-state index is 2.47. The Labute approximate surface area is 276 Å². The number of thiophene rings is 1. The van der Waals surface area contributed by atoms with Crippen LogP contribution in [-0.2, 0) is 0 Å². The van der Waals surface area contributed by atoms with Crippen LogP contribution in [0.5, 0.6) is 0 Å². The van der Waals surface area contributed by atoms with Crippen molar-refractivity contribution >= 4 is 74.6 Å². The number of hydrogen-bond acceptors (Lipinski definition) is 1. The molecule has 1 heterocycles. The summed E-state index contributed by atoms with van der Waals surface area (Å²) in [4.78, 5) is 0. The van der Waals surface area contributed by atoms with E-state index in [2.05, 4.69) is 170 Å². The van der Waals surface area contributed by atoms with E-state index in [0.717, 1.165) is 0 Å². The molecular formula is C46H28S. The quantitative estimate of drug-likeness (QED) is 0.174. The lowest BCUT2D eigenvalue weighted by atomic mass is 9.82. The minimum atomic E-state index is 1.24. The van der Waals surface area contributed by atoms with Gasteiger partial charge in [0, 0.05) is 20.2 Å². The first kappa shape index (κ1) is 26.5. The van der Waals surface area contributed by atoms with Crippen molar-refractivity contribution in [1.29, 1.82) is 0 Å². The van der Waals surface area contributed by atoms with E-state index in [1.807, 2.05) is 11.3 Å². The van der Waals surface area contributed by atoms with E-state index in [4.69, 9.17) is 0 Å². The molecule has 47 heavy (non-hydrogen) atoms. The van der Waals surface area contributed by atoms with Crippen molar-refractivity contribution in [1.82, 2.24) is 0 Å². The Morgan fingerprint density at radius 1 is 0.298 bits per heavy atom. The summed E-state index contributed by atoms with van der Waals surface area (Å²) in [7, 11) is 0. The molecule has 1 heteroatoms. The van der Waals surface area contributed by atoms with Gasteiger partial charge in [0.1, 0.15) is 0 Å². The highest BCUT2D eigenvalue weighted by Crippen LogP contribution is 2.48. The van der Waals surface area contributed by atoms with Crippen molar-refractivity contribution in [2.24, 2.45) is 0 Å². The average Bonchev–Trinajstić information content (AvgIpc) is 3.52. The summed E-state index contributed by atoms with van der Waals surface area (Å²) in [5, 5.41) is 12.8. The van der Waals surface area contributed by atoms with Gasteiger partial charge in [-0.3, -0.25) is 0 Å². The van der Waals surface area contributed by atoms with Gasteiger partial charge in [-0.25, -0.2) is 0 Å². The van der Waals surface area contributed by atoms with E-state index in [9.17, 15) is 0 Å². The molecule has 10 aromatic rings. The third-order valence-electron chi connectivity index (χ3n) is 9.86. The molecule has 0 saturated heterocycles. The van der Waals surface area contributed by atoms with Gasteiger partial charge in [0.15, 0.2) is 0 Å².